The van der Waals surface area contributed by atoms with Crippen LogP contribution in [0.2, 0.25) is 0 Å². The first-order valence-electron chi connectivity index (χ1n) is 7.05. The first-order valence-corrected chi connectivity index (χ1v) is 8.60. The minimum atomic E-state index is -1.17. The second-order valence-corrected chi connectivity index (χ2v) is 7.55. The van der Waals surface area contributed by atoms with Crippen LogP contribution in [0.4, 0.5) is 0 Å². The monoisotopic (exact) mass is 319 g/mol. The van der Waals surface area contributed by atoms with Crippen LogP contribution >= 0.6 is 0 Å². The van der Waals surface area contributed by atoms with Gasteiger partial charge in [-0.3, -0.25) is 9.19 Å². The Morgan fingerprint density at radius 1 is 1.18 bits per heavy atom. The van der Waals surface area contributed by atoms with E-state index in [-0.39, 0.29) is 5.41 Å². The molecule has 0 aliphatic heterocycles. The number of hydrogen-bond acceptors (Lipinski definition) is 5. The summed E-state index contributed by atoms with van der Waals surface area (Å²) < 4.78 is 17.0. The molecule has 0 spiro atoms. The summed E-state index contributed by atoms with van der Waals surface area (Å²) >= 11 is 0. The number of ether oxygens (including phenoxy) is 1. The molecule has 0 aliphatic carbocycles. The van der Waals surface area contributed by atoms with Crippen molar-refractivity contribution < 1.29 is 8.95 Å². The third kappa shape index (κ3) is 4.96. The SMILES string of the molecule is CS(=O)c1ncc(-c2cccc(COCC(C)(C)C)n2)cn1. The highest BCUT2D eigenvalue weighted by Crippen LogP contribution is 2.17. The van der Waals surface area contributed by atoms with Gasteiger partial charge in [0, 0.05) is 24.2 Å². The maximum Gasteiger partial charge on any atom is 0.218 e. The molecule has 2 aromatic rings. The summed E-state index contributed by atoms with van der Waals surface area (Å²) in [5.74, 6) is 0. The Kier molecular flexibility index (Phi) is 5.37. The minimum absolute atomic E-state index is 0.136. The number of rotatable bonds is 5. The van der Waals surface area contributed by atoms with Crippen molar-refractivity contribution in [2.75, 3.05) is 12.9 Å². The molecule has 118 valence electrons. The van der Waals surface area contributed by atoms with E-state index in [1.807, 2.05) is 18.2 Å². The maximum atomic E-state index is 11.3. The highest BCUT2D eigenvalue weighted by atomic mass is 32.2. The highest BCUT2D eigenvalue weighted by molar-refractivity contribution is 7.84. The molecule has 0 N–H and O–H groups in total. The Bertz CT molecular complexity index is 651. The fraction of sp³-hybridized carbons (Fsp3) is 0.438. The summed E-state index contributed by atoms with van der Waals surface area (Å²) in [6, 6.07) is 5.76. The summed E-state index contributed by atoms with van der Waals surface area (Å²) in [5.41, 5.74) is 2.58. The molecule has 6 heteroatoms. The molecular formula is C16H21N3O2S. The maximum absolute atomic E-state index is 11.3. The van der Waals surface area contributed by atoms with Gasteiger partial charge in [-0.25, -0.2) is 9.97 Å². The Morgan fingerprint density at radius 3 is 2.45 bits per heavy atom. The number of hydrogen-bond donors (Lipinski definition) is 0. The summed E-state index contributed by atoms with van der Waals surface area (Å²) in [4.78, 5) is 12.7. The molecule has 0 saturated carbocycles. The van der Waals surface area contributed by atoms with Crippen LogP contribution in [0, 0.1) is 5.41 Å². The molecule has 0 radical (unpaired) electrons. The molecule has 0 aliphatic rings. The van der Waals surface area contributed by atoms with Gasteiger partial charge in [0.1, 0.15) is 0 Å². The van der Waals surface area contributed by atoms with E-state index in [2.05, 4.69) is 35.7 Å². The van der Waals surface area contributed by atoms with E-state index in [9.17, 15) is 4.21 Å². The number of pyridine rings is 1. The van der Waals surface area contributed by atoms with Gasteiger partial charge >= 0.3 is 0 Å². The third-order valence-electron chi connectivity index (χ3n) is 2.77. The van der Waals surface area contributed by atoms with Gasteiger partial charge in [-0.05, 0) is 17.5 Å². The molecule has 0 aromatic carbocycles. The predicted molar refractivity (Wildman–Crippen MR) is 86.7 cm³/mol. The van der Waals surface area contributed by atoms with Gasteiger partial charge in [0.25, 0.3) is 0 Å². The summed E-state index contributed by atoms with van der Waals surface area (Å²) in [6.45, 7) is 7.55. The van der Waals surface area contributed by atoms with E-state index in [1.165, 1.54) is 0 Å². The Hall–Kier alpha value is -1.66. The zero-order valence-electron chi connectivity index (χ0n) is 13.4. The molecule has 1 unspecified atom stereocenters. The van der Waals surface area contributed by atoms with Crippen molar-refractivity contribution in [1.29, 1.82) is 0 Å². The van der Waals surface area contributed by atoms with E-state index in [0.717, 1.165) is 17.0 Å². The van der Waals surface area contributed by atoms with Crippen LogP contribution in [0.3, 0.4) is 0 Å². The van der Waals surface area contributed by atoms with E-state index in [0.29, 0.717) is 18.4 Å². The molecular weight excluding hydrogens is 298 g/mol. The number of nitrogens with zero attached hydrogens (tertiary/aromatic N) is 3. The number of aromatic nitrogens is 3. The van der Waals surface area contributed by atoms with Crippen LogP contribution in [0.5, 0.6) is 0 Å². The van der Waals surface area contributed by atoms with Crippen LogP contribution in [0.1, 0.15) is 26.5 Å². The predicted octanol–water partition coefficient (Wildman–Crippen LogP) is 2.84. The highest BCUT2D eigenvalue weighted by Gasteiger charge is 2.10. The van der Waals surface area contributed by atoms with Crippen molar-refractivity contribution in [3.05, 3.63) is 36.3 Å². The van der Waals surface area contributed by atoms with Gasteiger partial charge in [0.15, 0.2) is 0 Å². The smallest absolute Gasteiger partial charge is 0.218 e. The van der Waals surface area contributed by atoms with Crippen LogP contribution in [-0.2, 0) is 22.1 Å². The largest absolute Gasteiger partial charge is 0.375 e. The fourth-order valence-corrected chi connectivity index (χ4v) is 2.18. The van der Waals surface area contributed by atoms with E-state index >= 15 is 0 Å². The standard InChI is InChI=1S/C16H21N3O2S/c1-16(2,3)11-21-10-13-6-5-7-14(19-13)12-8-17-15(18-9-12)22(4)20/h5-9H,10-11H2,1-4H3. The zero-order valence-corrected chi connectivity index (χ0v) is 14.2. The summed E-state index contributed by atoms with van der Waals surface area (Å²) in [7, 11) is -1.17. The first kappa shape index (κ1) is 16.7. The van der Waals surface area contributed by atoms with Crippen molar-refractivity contribution in [2.24, 2.45) is 5.41 Å². The molecule has 2 heterocycles. The lowest BCUT2D eigenvalue weighted by molar-refractivity contribution is 0.0581. The average molecular weight is 319 g/mol. The Labute approximate surface area is 133 Å². The summed E-state index contributed by atoms with van der Waals surface area (Å²) in [6.07, 6.45) is 4.85. The Morgan fingerprint density at radius 2 is 1.86 bits per heavy atom. The molecule has 0 bridgehead atoms. The van der Waals surface area contributed by atoms with Crippen LogP contribution in [-0.4, -0.2) is 32.0 Å². The topological polar surface area (TPSA) is 65.0 Å². The second kappa shape index (κ2) is 7.07. The lowest BCUT2D eigenvalue weighted by Gasteiger charge is -2.17. The molecule has 0 fully saturated rings. The first-order chi connectivity index (χ1) is 10.3. The van der Waals surface area contributed by atoms with Gasteiger partial charge in [-0.15, -0.1) is 0 Å². The van der Waals surface area contributed by atoms with Crippen LogP contribution < -0.4 is 0 Å². The molecule has 5 nitrogen and oxygen atoms in total. The van der Waals surface area contributed by atoms with Crippen molar-refractivity contribution in [1.82, 2.24) is 15.0 Å². The van der Waals surface area contributed by atoms with E-state index < -0.39 is 10.8 Å². The molecule has 2 rings (SSSR count). The third-order valence-corrected chi connectivity index (χ3v) is 3.50. The quantitative estimate of drug-likeness (QED) is 0.793. The van der Waals surface area contributed by atoms with Gasteiger partial charge in [-0.1, -0.05) is 26.8 Å². The van der Waals surface area contributed by atoms with Gasteiger partial charge in [0.2, 0.25) is 5.16 Å². The lowest BCUT2D eigenvalue weighted by atomic mass is 9.99. The molecule has 2 aromatic heterocycles. The van der Waals surface area contributed by atoms with Crippen molar-refractivity contribution in [2.45, 2.75) is 32.5 Å². The molecule has 1 atom stereocenters. The Balaban J connectivity index is 2.09. The second-order valence-electron chi connectivity index (χ2n) is 6.28. The molecule has 0 amide bonds. The lowest BCUT2D eigenvalue weighted by Crippen LogP contribution is -2.14. The molecule has 22 heavy (non-hydrogen) atoms. The normalized spacial score (nSPS) is 13.1. The average Bonchev–Trinajstić information content (AvgIpc) is 2.46. The van der Waals surface area contributed by atoms with E-state index in [1.54, 1.807) is 18.6 Å². The minimum Gasteiger partial charge on any atom is -0.375 e. The molecule has 0 saturated heterocycles. The van der Waals surface area contributed by atoms with Crippen LogP contribution in [0.15, 0.2) is 35.7 Å². The van der Waals surface area contributed by atoms with Gasteiger partial charge in [0.05, 0.1) is 35.4 Å². The van der Waals surface area contributed by atoms with Crippen molar-refractivity contribution in [3.8, 4) is 11.3 Å². The van der Waals surface area contributed by atoms with Gasteiger partial charge < -0.3 is 4.74 Å². The van der Waals surface area contributed by atoms with Crippen molar-refractivity contribution >= 4 is 10.8 Å². The summed E-state index contributed by atoms with van der Waals surface area (Å²) in [5, 5.41) is 0.327. The van der Waals surface area contributed by atoms with Crippen molar-refractivity contribution in [3.63, 3.8) is 0 Å². The van der Waals surface area contributed by atoms with Crippen LogP contribution in [0.25, 0.3) is 11.3 Å². The van der Waals surface area contributed by atoms with E-state index in [4.69, 9.17) is 4.74 Å². The zero-order chi connectivity index (χ0) is 16.2. The fourth-order valence-electron chi connectivity index (χ4n) is 1.78. The van der Waals surface area contributed by atoms with Gasteiger partial charge in [-0.2, -0.15) is 0 Å².